The lowest BCUT2D eigenvalue weighted by Crippen LogP contribution is -2.29. The van der Waals surface area contributed by atoms with Crippen LogP contribution in [0.5, 0.6) is 11.5 Å². The first-order valence-corrected chi connectivity index (χ1v) is 5.95. The number of hydrogen-bond donors (Lipinski definition) is 2. The first-order chi connectivity index (χ1) is 8.99. The van der Waals surface area contributed by atoms with E-state index < -0.39 is 11.7 Å². The van der Waals surface area contributed by atoms with Crippen LogP contribution in [-0.2, 0) is 0 Å². The van der Waals surface area contributed by atoms with Crippen LogP contribution in [0, 0.1) is 5.82 Å². The fourth-order valence-corrected chi connectivity index (χ4v) is 1.54. The molecule has 1 unspecified atom stereocenters. The van der Waals surface area contributed by atoms with Crippen LogP contribution < -0.4 is 20.5 Å². The molecule has 1 atom stereocenters. The van der Waals surface area contributed by atoms with Crippen LogP contribution >= 0.6 is 0 Å². The Morgan fingerprint density at radius 1 is 1.37 bits per heavy atom. The van der Waals surface area contributed by atoms with E-state index in [4.69, 9.17) is 15.2 Å². The predicted octanol–water partition coefficient (Wildman–Crippen LogP) is 1.31. The molecule has 5 nitrogen and oxygen atoms in total. The molecule has 0 spiro atoms. The van der Waals surface area contributed by atoms with E-state index in [-0.39, 0.29) is 17.4 Å². The lowest BCUT2D eigenvalue weighted by atomic mass is 10.1. The van der Waals surface area contributed by atoms with Gasteiger partial charge in [0.1, 0.15) is 5.82 Å². The van der Waals surface area contributed by atoms with E-state index in [1.807, 2.05) is 6.92 Å². The van der Waals surface area contributed by atoms with E-state index in [2.05, 4.69) is 5.32 Å². The number of nitrogens with two attached hydrogens (primary N) is 1. The fraction of sp³-hybridized carbons (Fsp3) is 0.462. The van der Waals surface area contributed by atoms with Crippen molar-refractivity contribution in [2.75, 3.05) is 20.8 Å². The lowest BCUT2D eigenvalue weighted by Gasteiger charge is -2.11. The number of benzene rings is 1. The fourth-order valence-electron chi connectivity index (χ4n) is 1.54. The van der Waals surface area contributed by atoms with Gasteiger partial charge >= 0.3 is 0 Å². The van der Waals surface area contributed by atoms with Crippen LogP contribution in [0.4, 0.5) is 4.39 Å². The summed E-state index contributed by atoms with van der Waals surface area (Å²) in [6.07, 6.45) is 0.626. The minimum absolute atomic E-state index is 0.0180. The van der Waals surface area contributed by atoms with Gasteiger partial charge in [0.2, 0.25) is 0 Å². The number of hydrogen-bond acceptors (Lipinski definition) is 4. The molecule has 19 heavy (non-hydrogen) atoms. The van der Waals surface area contributed by atoms with Crippen LogP contribution in [0.2, 0.25) is 0 Å². The summed E-state index contributed by atoms with van der Waals surface area (Å²) in [5, 5.41) is 2.60. The molecule has 0 aliphatic carbocycles. The van der Waals surface area contributed by atoms with Crippen LogP contribution in [0.1, 0.15) is 23.7 Å². The van der Waals surface area contributed by atoms with E-state index in [1.54, 1.807) is 0 Å². The second-order valence-corrected chi connectivity index (χ2v) is 4.21. The van der Waals surface area contributed by atoms with Crippen molar-refractivity contribution in [3.63, 3.8) is 0 Å². The molecule has 0 fully saturated rings. The summed E-state index contributed by atoms with van der Waals surface area (Å²) >= 11 is 0. The van der Waals surface area contributed by atoms with E-state index in [0.29, 0.717) is 18.7 Å². The maximum absolute atomic E-state index is 13.8. The SMILES string of the molecule is COc1cc(F)c(C(=O)NCCC(C)N)cc1OC. The number of ether oxygens (including phenoxy) is 2. The molecule has 0 saturated heterocycles. The molecule has 106 valence electrons. The molecule has 0 bridgehead atoms. The van der Waals surface area contributed by atoms with Crippen molar-refractivity contribution in [3.05, 3.63) is 23.5 Å². The third-order valence-corrected chi connectivity index (χ3v) is 2.60. The Morgan fingerprint density at radius 2 is 1.95 bits per heavy atom. The van der Waals surface area contributed by atoms with Crippen molar-refractivity contribution in [2.24, 2.45) is 5.73 Å². The number of rotatable bonds is 6. The average molecular weight is 270 g/mol. The van der Waals surface area contributed by atoms with Gasteiger partial charge in [0.15, 0.2) is 11.5 Å². The van der Waals surface area contributed by atoms with Crippen molar-refractivity contribution in [1.29, 1.82) is 0 Å². The van der Waals surface area contributed by atoms with Gasteiger partial charge < -0.3 is 20.5 Å². The van der Waals surface area contributed by atoms with Gasteiger partial charge in [-0.2, -0.15) is 0 Å². The Balaban J connectivity index is 2.85. The maximum atomic E-state index is 13.8. The third-order valence-electron chi connectivity index (χ3n) is 2.60. The van der Waals surface area contributed by atoms with Gasteiger partial charge in [0, 0.05) is 18.7 Å². The highest BCUT2D eigenvalue weighted by Crippen LogP contribution is 2.29. The third kappa shape index (κ3) is 4.10. The monoisotopic (exact) mass is 270 g/mol. The van der Waals surface area contributed by atoms with Crippen molar-refractivity contribution in [2.45, 2.75) is 19.4 Å². The molecular weight excluding hydrogens is 251 g/mol. The van der Waals surface area contributed by atoms with Gasteiger partial charge in [-0.15, -0.1) is 0 Å². The van der Waals surface area contributed by atoms with Gasteiger partial charge in [-0.25, -0.2) is 4.39 Å². The quantitative estimate of drug-likeness (QED) is 0.817. The first-order valence-electron chi connectivity index (χ1n) is 5.95. The van der Waals surface area contributed by atoms with E-state index in [0.717, 1.165) is 6.07 Å². The summed E-state index contributed by atoms with van der Waals surface area (Å²) in [7, 11) is 2.83. The molecule has 6 heteroatoms. The Labute approximate surface area is 111 Å². The maximum Gasteiger partial charge on any atom is 0.254 e. The molecule has 1 rings (SSSR count). The molecule has 0 heterocycles. The summed E-state index contributed by atoms with van der Waals surface area (Å²) < 4.78 is 23.8. The van der Waals surface area contributed by atoms with Gasteiger partial charge in [0.05, 0.1) is 19.8 Å². The van der Waals surface area contributed by atoms with Crippen LogP contribution in [-0.4, -0.2) is 32.7 Å². The Kier molecular flexibility index (Phi) is 5.57. The topological polar surface area (TPSA) is 73.6 Å². The summed E-state index contributed by atoms with van der Waals surface area (Å²) in [5.74, 6) is -0.608. The highest BCUT2D eigenvalue weighted by Gasteiger charge is 2.16. The van der Waals surface area contributed by atoms with Gasteiger partial charge in [-0.05, 0) is 19.4 Å². The highest BCUT2D eigenvalue weighted by atomic mass is 19.1. The number of carbonyl (C=O) groups is 1. The lowest BCUT2D eigenvalue weighted by molar-refractivity contribution is 0.0948. The highest BCUT2D eigenvalue weighted by molar-refractivity contribution is 5.95. The van der Waals surface area contributed by atoms with Crippen molar-refractivity contribution in [1.82, 2.24) is 5.32 Å². The molecular formula is C13H19FN2O3. The second-order valence-electron chi connectivity index (χ2n) is 4.21. The van der Waals surface area contributed by atoms with Crippen molar-refractivity contribution >= 4 is 5.91 Å². The zero-order valence-corrected chi connectivity index (χ0v) is 11.3. The number of nitrogens with one attached hydrogen (secondary N) is 1. The normalized spacial score (nSPS) is 11.8. The zero-order valence-electron chi connectivity index (χ0n) is 11.3. The van der Waals surface area contributed by atoms with Crippen molar-refractivity contribution < 1.29 is 18.7 Å². The molecule has 0 aliphatic heterocycles. The minimum atomic E-state index is -0.657. The molecule has 0 radical (unpaired) electrons. The van der Waals surface area contributed by atoms with Crippen molar-refractivity contribution in [3.8, 4) is 11.5 Å². The number of halogens is 1. The number of amides is 1. The summed E-state index contributed by atoms with van der Waals surface area (Å²) in [4.78, 5) is 11.8. The van der Waals surface area contributed by atoms with Crippen LogP contribution in [0.15, 0.2) is 12.1 Å². The van der Waals surface area contributed by atoms with Gasteiger partial charge in [-0.3, -0.25) is 4.79 Å². The predicted molar refractivity (Wildman–Crippen MR) is 70.1 cm³/mol. The molecule has 0 saturated carbocycles. The van der Waals surface area contributed by atoms with Gasteiger partial charge in [0.25, 0.3) is 5.91 Å². The zero-order chi connectivity index (χ0) is 14.4. The summed E-state index contributed by atoms with van der Waals surface area (Å²) in [6, 6.07) is 2.42. The Hall–Kier alpha value is -1.82. The second kappa shape index (κ2) is 6.94. The van der Waals surface area contributed by atoms with Crippen LogP contribution in [0.3, 0.4) is 0 Å². The number of methoxy groups -OCH3 is 2. The van der Waals surface area contributed by atoms with E-state index in [1.165, 1.54) is 20.3 Å². The summed E-state index contributed by atoms with van der Waals surface area (Å²) in [5.41, 5.74) is 5.49. The molecule has 1 amide bonds. The Morgan fingerprint density at radius 3 is 2.47 bits per heavy atom. The standard InChI is InChI=1S/C13H19FN2O3/c1-8(15)4-5-16-13(17)9-6-11(18-2)12(19-3)7-10(9)14/h6-8H,4-5,15H2,1-3H3,(H,16,17). The smallest absolute Gasteiger partial charge is 0.254 e. The van der Waals surface area contributed by atoms with E-state index in [9.17, 15) is 9.18 Å². The molecule has 0 aromatic heterocycles. The molecule has 0 aliphatic rings. The molecule has 3 N–H and O–H groups in total. The first kappa shape index (κ1) is 15.2. The minimum Gasteiger partial charge on any atom is -0.493 e. The molecule has 1 aromatic carbocycles. The Bertz CT molecular complexity index is 450. The molecule has 1 aromatic rings. The average Bonchev–Trinajstić information content (AvgIpc) is 2.37. The van der Waals surface area contributed by atoms with Crippen LogP contribution in [0.25, 0.3) is 0 Å². The number of carbonyl (C=O) groups excluding carboxylic acids is 1. The van der Waals surface area contributed by atoms with E-state index >= 15 is 0 Å². The largest absolute Gasteiger partial charge is 0.493 e. The summed E-state index contributed by atoms with van der Waals surface area (Å²) in [6.45, 7) is 2.23. The van der Waals surface area contributed by atoms with Gasteiger partial charge in [-0.1, -0.05) is 0 Å².